The lowest BCUT2D eigenvalue weighted by molar-refractivity contribution is -0.119. The molecular weight excluding hydrogens is 302 g/mol. The van der Waals surface area contributed by atoms with Crippen molar-refractivity contribution in [2.45, 2.75) is 44.1 Å². The molecule has 0 radical (unpaired) electrons. The zero-order valence-electron chi connectivity index (χ0n) is 13.0. The molecule has 1 aliphatic heterocycles. The van der Waals surface area contributed by atoms with Gasteiger partial charge in [0.2, 0.25) is 5.91 Å². The van der Waals surface area contributed by atoms with E-state index in [0.29, 0.717) is 12.3 Å². The molecule has 0 spiro atoms. The zero-order valence-corrected chi connectivity index (χ0v) is 13.9. The molecule has 5 nitrogen and oxygen atoms in total. The van der Waals surface area contributed by atoms with E-state index in [1.165, 1.54) is 12.1 Å². The quantitative estimate of drug-likeness (QED) is 0.872. The molecule has 0 saturated carbocycles. The van der Waals surface area contributed by atoms with E-state index in [9.17, 15) is 13.2 Å². The number of anilines is 1. The number of hydrogen-bond donors (Lipinski definition) is 1. The SMILES string of the molecule is CCC(C)C(=O)Nc1ccc(S(=O)(=O)CC2CCCO2)cc1. The molecule has 1 aromatic carbocycles. The number of carbonyl (C=O) groups excluding carboxylic acids is 1. The van der Waals surface area contributed by atoms with Gasteiger partial charge in [-0.3, -0.25) is 4.79 Å². The highest BCUT2D eigenvalue weighted by atomic mass is 32.2. The van der Waals surface area contributed by atoms with Crippen LogP contribution in [0.15, 0.2) is 29.2 Å². The van der Waals surface area contributed by atoms with Crippen LogP contribution in [0, 0.1) is 5.92 Å². The summed E-state index contributed by atoms with van der Waals surface area (Å²) in [7, 11) is -3.35. The predicted molar refractivity (Wildman–Crippen MR) is 85.6 cm³/mol. The molecule has 6 heteroatoms. The Kier molecular flexibility index (Phi) is 5.58. The van der Waals surface area contributed by atoms with Crippen LogP contribution in [0.1, 0.15) is 33.1 Å². The van der Waals surface area contributed by atoms with Gasteiger partial charge in [-0.25, -0.2) is 8.42 Å². The van der Waals surface area contributed by atoms with Crippen molar-refractivity contribution in [3.05, 3.63) is 24.3 Å². The van der Waals surface area contributed by atoms with E-state index in [1.54, 1.807) is 12.1 Å². The van der Waals surface area contributed by atoms with Crippen molar-refractivity contribution < 1.29 is 17.9 Å². The van der Waals surface area contributed by atoms with E-state index in [-0.39, 0.29) is 28.6 Å². The molecule has 1 aliphatic rings. The van der Waals surface area contributed by atoms with Crippen LogP contribution in [-0.2, 0) is 19.4 Å². The lowest BCUT2D eigenvalue weighted by Crippen LogP contribution is -2.21. The largest absolute Gasteiger partial charge is 0.377 e. The second-order valence-electron chi connectivity index (χ2n) is 5.74. The molecule has 2 unspecified atom stereocenters. The van der Waals surface area contributed by atoms with Crippen LogP contribution in [-0.4, -0.2) is 32.8 Å². The fourth-order valence-corrected chi connectivity index (χ4v) is 3.81. The van der Waals surface area contributed by atoms with E-state index in [1.807, 2.05) is 13.8 Å². The molecule has 22 heavy (non-hydrogen) atoms. The first kappa shape index (κ1) is 17.0. The second kappa shape index (κ2) is 7.24. The van der Waals surface area contributed by atoms with Gasteiger partial charge in [0.15, 0.2) is 9.84 Å². The van der Waals surface area contributed by atoms with E-state index >= 15 is 0 Å². The second-order valence-corrected chi connectivity index (χ2v) is 7.77. The normalized spacial score (nSPS) is 19.8. The maximum atomic E-state index is 12.3. The van der Waals surface area contributed by atoms with Gasteiger partial charge in [-0.15, -0.1) is 0 Å². The average molecular weight is 325 g/mol. The molecule has 0 bridgehead atoms. The third-order valence-electron chi connectivity index (χ3n) is 3.97. The van der Waals surface area contributed by atoms with Crippen molar-refractivity contribution in [1.29, 1.82) is 0 Å². The summed E-state index contributed by atoms with van der Waals surface area (Å²) in [4.78, 5) is 12.1. The molecule has 0 aliphatic carbocycles. The van der Waals surface area contributed by atoms with E-state index in [4.69, 9.17) is 4.74 Å². The summed E-state index contributed by atoms with van der Waals surface area (Å²) in [5.41, 5.74) is 0.612. The van der Waals surface area contributed by atoms with E-state index < -0.39 is 9.84 Å². The summed E-state index contributed by atoms with van der Waals surface area (Å²) in [5.74, 6) is -0.105. The minimum atomic E-state index is -3.35. The van der Waals surface area contributed by atoms with Crippen LogP contribution >= 0.6 is 0 Å². The highest BCUT2D eigenvalue weighted by Crippen LogP contribution is 2.21. The monoisotopic (exact) mass is 325 g/mol. The van der Waals surface area contributed by atoms with E-state index in [0.717, 1.165) is 19.3 Å². The van der Waals surface area contributed by atoms with Gasteiger partial charge < -0.3 is 10.1 Å². The molecule has 1 saturated heterocycles. The molecule has 1 N–H and O–H groups in total. The summed E-state index contributed by atoms with van der Waals surface area (Å²) in [6.45, 7) is 4.45. The summed E-state index contributed by atoms with van der Waals surface area (Å²) in [6, 6.07) is 6.33. The summed E-state index contributed by atoms with van der Waals surface area (Å²) in [5, 5.41) is 2.79. The highest BCUT2D eigenvalue weighted by Gasteiger charge is 2.24. The maximum absolute atomic E-state index is 12.3. The number of ether oxygens (including phenoxy) is 1. The fraction of sp³-hybridized carbons (Fsp3) is 0.562. The van der Waals surface area contributed by atoms with Crippen LogP contribution in [0.2, 0.25) is 0 Å². The van der Waals surface area contributed by atoms with E-state index in [2.05, 4.69) is 5.32 Å². The molecule has 2 atom stereocenters. The van der Waals surface area contributed by atoms with Crippen molar-refractivity contribution in [3.8, 4) is 0 Å². The summed E-state index contributed by atoms with van der Waals surface area (Å²) < 4.78 is 30.0. The lowest BCUT2D eigenvalue weighted by atomic mass is 10.1. The lowest BCUT2D eigenvalue weighted by Gasteiger charge is -2.12. The molecule has 122 valence electrons. The number of sulfone groups is 1. The van der Waals surface area contributed by atoms with Crippen LogP contribution in [0.5, 0.6) is 0 Å². The first-order chi connectivity index (χ1) is 10.4. The van der Waals surface area contributed by atoms with Crippen LogP contribution in [0.25, 0.3) is 0 Å². The minimum Gasteiger partial charge on any atom is -0.377 e. The van der Waals surface area contributed by atoms with Gasteiger partial charge in [-0.05, 0) is 43.5 Å². The number of nitrogens with one attached hydrogen (secondary N) is 1. The Bertz CT molecular complexity index is 604. The summed E-state index contributed by atoms with van der Waals surface area (Å²) in [6.07, 6.45) is 2.28. The van der Waals surface area contributed by atoms with Gasteiger partial charge in [-0.2, -0.15) is 0 Å². The van der Waals surface area contributed by atoms with Crippen LogP contribution in [0.4, 0.5) is 5.69 Å². The predicted octanol–water partition coefficient (Wildman–Crippen LogP) is 2.62. The Morgan fingerprint density at radius 1 is 1.36 bits per heavy atom. The number of amides is 1. The first-order valence-electron chi connectivity index (χ1n) is 7.67. The van der Waals surface area contributed by atoms with Crippen molar-refractivity contribution in [2.75, 3.05) is 17.7 Å². The number of carbonyl (C=O) groups is 1. The minimum absolute atomic E-state index is 0.0194. The van der Waals surface area contributed by atoms with Gasteiger partial charge in [0.05, 0.1) is 16.8 Å². The molecule has 1 fully saturated rings. The standard InChI is InChI=1S/C16H23NO4S/c1-3-12(2)16(18)17-13-6-8-15(9-7-13)22(19,20)11-14-5-4-10-21-14/h6-9,12,14H,3-5,10-11H2,1-2H3,(H,17,18). The number of benzene rings is 1. The molecule has 1 amide bonds. The van der Waals surface area contributed by atoms with Crippen LogP contribution < -0.4 is 5.32 Å². The van der Waals surface area contributed by atoms with Gasteiger partial charge in [0.1, 0.15) is 0 Å². The molecular formula is C16H23NO4S. The topological polar surface area (TPSA) is 72.5 Å². The average Bonchev–Trinajstić information content (AvgIpc) is 2.99. The first-order valence-corrected chi connectivity index (χ1v) is 9.33. The smallest absolute Gasteiger partial charge is 0.227 e. The third kappa shape index (κ3) is 4.30. The van der Waals surface area contributed by atoms with Crippen LogP contribution in [0.3, 0.4) is 0 Å². The van der Waals surface area contributed by atoms with Gasteiger partial charge in [-0.1, -0.05) is 13.8 Å². The Balaban J connectivity index is 2.03. The number of rotatable bonds is 6. The third-order valence-corrected chi connectivity index (χ3v) is 5.77. The number of hydrogen-bond acceptors (Lipinski definition) is 4. The maximum Gasteiger partial charge on any atom is 0.227 e. The van der Waals surface area contributed by atoms with Gasteiger partial charge in [0.25, 0.3) is 0 Å². The summed E-state index contributed by atoms with van der Waals surface area (Å²) >= 11 is 0. The Hall–Kier alpha value is -1.40. The molecule has 1 heterocycles. The van der Waals surface area contributed by atoms with Gasteiger partial charge >= 0.3 is 0 Å². The van der Waals surface area contributed by atoms with Crippen molar-refractivity contribution in [1.82, 2.24) is 0 Å². The van der Waals surface area contributed by atoms with Crippen molar-refractivity contribution >= 4 is 21.4 Å². The molecule has 2 rings (SSSR count). The zero-order chi connectivity index (χ0) is 16.2. The molecule has 1 aromatic rings. The highest BCUT2D eigenvalue weighted by molar-refractivity contribution is 7.91. The Morgan fingerprint density at radius 2 is 2.05 bits per heavy atom. The van der Waals surface area contributed by atoms with Crippen molar-refractivity contribution in [3.63, 3.8) is 0 Å². The Morgan fingerprint density at radius 3 is 2.59 bits per heavy atom. The van der Waals surface area contributed by atoms with Gasteiger partial charge in [0, 0.05) is 18.2 Å². The molecule has 0 aromatic heterocycles. The fourth-order valence-electron chi connectivity index (χ4n) is 2.31. The Labute approximate surface area is 132 Å². The van der Waals surface area contributed by atoms with Crippen molar-refractivity contribution in [2.24, 2.45) is 5.92 Å².